The van der Waals surface area contributed by atoms with Crippen molar-refractivity contribution in [3.63, 3.8) is 0 Å². The van der Waals surface area contributed by atoms with E-state index in [1.165, 1.54) is 29.2 Å². The molecule has 34 heavy (non-hydrogen) atoms. The number of amides is 2. The first-order valence-corrected chi connectivity index (χ1v) is 10.7. The van der Waals surface area contributed by atoms with Crippen LogP contribution in [0.3, 0.4) is 0 Å². The van der Waals surface area contributed by atoms with Gasteiger partial charge in [0.15, 0.2) is 10.8 Å². The number of nitrogens with zero attached hydrogens (tertiary/aromatic N) is 5. The maximum Gasteiger partial charge on any atom is 0.435 e. The van der Waals surface area contributed by atoms with Gasteiger partial charge in [-0.15, -0.1) is 11.3 Å². The third-order valence-corrected chi connectivity index (χ3v) is 5.41. The maximum atomic E-state index is 13.4. The Bertz CT molecular complexity index is 1330. The third-order valence-electron chi connectivity index (χ3n) is 4.65. The highest BCUT2D eigenvalue weighted by Gasteiger charge is 2.36. The molecule has 0 atom stereocenters. The quantitative estimate of drug-likeness (QED) is 0.452. The lowest BCUT2D eigenvalue weighted by atomic mass is 10.2. The van der Waals surface area contributed by atoms with Gasteiger partial charge >= 0.3 is 6.18 Å². The average molecular weight is 486 g/mol. The van der Waals surface area contributed by atoms with Crippen LogP contribution in [0.5, 0.6) is 0 Å². The average Bonchev–Trinajstić information content (AvgIpc) is 3.47. The Kier molecular flexibility index (Phi) is 6.16. The van der Waals surface area contributed by atoms with E-state index < -0.39 is 17.8 Å². The summed E-state index contributed by atoms with van der Waals surface area (Å²) in [6, 6.07) is 11.7. The highest BCUT2D eigenvalue weighted by Crippen LogP contribution is 2.30. The Morgan fingerprint density at radius 3 is 2.41 bits per heavy atom. The van der Waals surface area contributed by atoms with E-state index in [-0.39, 0.29) is 22.4 Å². The lowest BCUT2D eigenvalue weighted by Crippen LogP contribution is -2.21. The second-order valence-electron chi connectivity index (χ2n) is 7.28. The number of hydrogen-bond donors (Lipinski definition) is 1. The number of rotatable bonds is 5. The van der Waals surface area contributed by atoms with E-state index in [4.69, 9.17) is 0 Å². The van der Waals surface area contributed by atoms with Crippen molar-refractivity contribution < 1.29 is 22.8 Å². The number of pyridine rings is 1. The van der Waals surface area contributed by atoms with Gasteiger partial charge in [0.25, 0.3) is 11.8 Å². The van der Waals surface area contributed by atoms with Gasteiger partial charge in [0, 0.05) is 37.3 Å². The zero-order valence-electron chi connectivity index (χ0n) is 17.9. The molecule has 174 valence electrons. The molecule has 3 heterocycles. The Labute approximate surface area is 195 Å². The van der Waals surface area contributed by atoms with Crippen molar-refractivity contribution in [3.05, 3.63) is 77.1 Å². The molecule has 4 aromatic rings. The van der Waals surface area contributed by atoms with Crippen LogP contribution in [-0.2, 0) is 6.18 Å². The molecule has 0 spiro atoms. The van der Waals surface area contributed by atoms with Crippen LogP contribution >= 0.6 is 11.3 Å². The summed E-state index contributed by atoms with van der Waals surface area (Å²) >= 11 is 1.11. The molecular formula is C22H17F3N6O2S. The minimum absolute atomic E-state index is 0.185. The summed E-state index contributed by atoms with van der Waals surface area (Å²) < 4.78 is 41.0. The Morgan fingerprint density at radius 1 is 1.06 bits per heavy atom. The molecule has 0 aliphatic rings. The zero-order valence-corrected chi connectivity index (χ0v) is 18.7. The first-order valence-electron chi connectivity index (χ1n) is 9.81. The maximum absolute atomic E-state index is 13.4. The number of aromatic nitrogens is 4. The van der Waals surface area contributed by atoms with Crippen LogP contribution in [0.4, 0.5) is 18.3 Å². The Balaban J connectivity index is 1.65. The van der Waals surface area contributed by atoms with Gasteiger partial charge in [0.05, 0.1) is 11.4 Å². The number of benzene rings is 1. The van der Waals surface area contributed by atoms with E-state index in [0.29, 0.717) is 23.0 Å². The van der Waals surface area contributed by atoms with E-state index in [9.17, 15) is 22.8 Å². The standard InChI is InChI=1S/C22H17F3N6O2S/c1-30(2)20(33)13-6-8-14(9-7-13)31-17(11-18(29-31)22(23,24)25)19(32)28-21-27-16(12-34-21)15-5-3-4-10-26-15/h3-12H,1-2H3,(H,27,28,32). The molecule has 0 saturated carbocycles. The van der Waals surface area contributed by atoms with Gasteiger partial charge in [0.1, 0.15) is 11.4 Å². The number of halogens is 3. The lowest BCUT2D eigenvalue weighted by molar-refractivity contribution is -0.141. The summed E-state index contributed by atoms with van der Waals surface area (Å²) in [5.74, 6) is -1.09. The van der Waals surface area contributed by atoms with Gasteiger partial charge in [-0.25, -0.2) is 9.67 Å². The fraction of sp³-hybridized carbons (Fsp3) is 0.136. The fourth-order valence-corrected chi connectivity index (χ4v) is 3.71. The van der Waals surface area contributed by atoms with Gasteiger partial charge < -0.3 is 4.90 Å². The summed E-state index contributed by atoms with van der Waals surface area (Å²) in [4.78, 5) is 34.8. The molecule has 0 bridgehead atoms. The van der Waals surface area contributed by atoms with Crippen molar-refractivity contribution in [2.75, 3.05) is 19.4 Å². The monoisotopic (exact) mass is 486 g/mol. The van der Waals surface area contributed by atoms with E-state index in [0.717, 1.165) is 16.0 Å². The van der Waals surface area contributed by atoms with Crippen LogP contribution in [0.1, 0.15) is 26.5 Å². The Morgan fingerprint density at radius 2 is 1.79 bits per heavy atom. The predicted octanol–water partition coefficient (Wildman–Crippen LogP) is 4.36. The van der Waals surface area contributed by atoms with Crippen molar-refractivity contribution in [1.29, 1.82) is 0 Å². The highest BCUT2D eigenvalue weighted by molar-refractivity contribution is 7.14. The van der Waals surface area contributed by atoms with Gasteiger partial charge in [-0.05, 0) is 36.4 Å². The number of nitrogens with one attached hydrogen (secondary N) is 1. The van der Waals surface area contributed by atoms with Gasteiger partial charge in [-0.3, -0.25) is 19.9 Å². The molecule has 0 fully saturated rings. The topological polar surface area (TPSA) is 93.0 Å². The highest BCUT2D eigenvalue weighted by atomic mass is 32.1. The largest absolute Gasteiger partial charge is 0.435 e. The molecule has 0 aliphatic heterocycles. The van der Waals surface area contributed by atoms with E-state index in [2.05, 4.69) is 20.4 Å². The van der Waals surface area contributed by atoms with Crippen LogP contribution < -0.4 is 5.32 Å². The van der Waals surface area contributed by atoms with Crippen molar-refractivity contribution in [2.45, 2.75) is 6.18 Å². The van der Waals surface area contributed by atoms with Crippen LogP contribution in [0.25, 0.3) is 17.1 Å². The molecule has 0 unspecified atom stereocenters. The zero-order chi connectivity index (χ0) is 24.5. The Hall–Kier alpha value is -4.06. The smallest absolute Gasteiger partial charge is 0.345 e. The summed E-state index contributed by atoms with van der Waals surface area (Å²) in [5, 5.41) is 7.98. The van der Waals surface area contributed by atoms with Crippen LogP contribution in [-0.4, -0.2) is 50.6 Å². The summed E-state index contributed by atoms with van der Waals surface area (Å²) in [5.41, 5.74) is 0.0765. The van der Waals surface area contributed by atoms with Crippen molar-refractivity contribution in [2.24, 2.45) is 0 Å². The molecule has 2 amide bonds. The molecule has 0 aliphatic carbocycles. The first kappa shape index (κ1) is 23.1. The first-order chi connectivity index (χ1) is 16.1. The van der Waals surface area contributed by atoms with E-state index >= 15 is 0 Å². The van der Waals surface area contributed by atoms with Crippen molar-refractivity contribution in [1.82, 2.24) is 24.6 Å². The summed E-state index contributed by atoms with van der Waals surface area (Å²) in [6.07, 6.45) is -3.16. The molecule has 1 aromatic carbocycles. The second-order valence-corrected chi connectivity index (χ2v) is 8.14. The number of hydrogen-bond acceptors (Lipinski definition) is 6. The number of carbonyl (C=O) groups excluding carboxylic acids is 2. The fourth-order valence-electron chi connectivity index (χ4n) is 3.01. The van der Waals surface area contributed by atoms with Gasteiger partial charge in [-0.2, -0.15) is 18.3 Å². The number of carbonyl (C=O) groups is 2. The molecule has 0 radical (unpaired) electrons. The predicted molar refractivity (Wildman–Crippen MR) is 120 cm³/mol. The van der Waals surface area contributed by atoms with Crippen LogP contribution in [0.2, 0.25) is 0 Å². The van der Waals surface area contributed by atoms with Crippen molar-refractivity contribution >= 4 is 28.3 Å². The lowest BCUT2D eigenvalue weighted by Gasteiger charge is -2.11. The van der Waals surface area contributed by atoms with Gasteiger partial charge in [0.2, 0.25) is 0 Å². The molecule has 0 saturated heterocycles. The van der Waals surface area contributed by atoms with Crippen LogP contribution in [0, 0.1) is 0 Å². The van der Waals surface area contributed by atoms with Gasteiger partial charge in [-0.1, -0.05) is 6.07 Å². The normalized spacial score (nSPS) is 11.3. The van der Waals surface area contributed by atoms with Crippen molar-refractivity contribution in [3.8, 4) is 17.1 Å². The minimum Gasteiger partial charge on any atom is -0.345 e. The van der Waals surface area contributed by atoms with Crippen LogP contribution in [0.15, 0.2) is 60.1 Å². The summed E-state index contributed by atoms with van der Waals surface area (Å²) in [7, 11) is 3.17. The third kappa shape index (κ3) is 4.81. The molecule has 1 N–H and O–H groups in total. The second kappa shape index (κ2) is 9.06. The minimum atomic E-state index is -4.76. The molecule has 3 aromatic heterocycles. The summed E-state index contributed by atoms with van der Waals surface area (Å²) in [6.45, 7) is 0. The number of thiazole rings is 1. The molecule has 8 nitrogen and oxygen atoms in total. The number of anilines is 1. The number of alkyl halides is 3. The molecular weight excluding hydrogens is 469 g/mol. The molecule has 12 heteroatoms. The SMILES string of the molecule is CN(C)C(=O)c1ccc(-n2nc(C(F)(F)F)cc2C(=O)Nc2nc(-c3ccccn3)cs2)cc1. The molecule has 4 rings (SSSR count). The van der Waals surface area contributed by atoms with E-state index in [1.54, 1.807) is 43.9 Å². The van der Waals surface area contributed by atoms with E-state index in [1.807, 2.05) is 0 Å².